The SMILES string of the molecule is C=c1c(C)c(O)cc2c1=CC=C1[C@]2(C)CC[C@]2(C)C3C[C@@](C)(C(=O)O)CC[C@@]3(C)CC[C@@]12C. The fourth-order valence-corrected chi connectivity index (χ4v) is 8.68. The predicted octanol–water partition coefficient (Wildman–Crippen LogP) is 5.59. The highest BCUT2D eigenvalue weighted by Gasteiger charge is 2.66. The molecule has 1 unspecified atom stereocenters. The van der Waals surface area contributed by atoms with Crippen LogP contribution < -0.4 is 10.4 Å². The van der Waals surface area contributed by atoms with E-state index in [-0.39, 0.29) is 21.7 Å². The van der Waals surface area contributed by atoms with Crippen LogP contribution in [0.3, 0.4) is 0 Å². The largest absolute Gasteiger partial charge is 0.508 e. The van der Waals surface area contributed by atoms with Crippen LogP contribution in [0.5, 0.6) is 5.75 Å². The van der Waals surface area contributed by atoms with Gasteiger partial charge < -0.3 is 10.2 Å². The molecule has 0 aromatic heterocycles. The number of aromatic hydroxyl groups is 1. The molecule has 3 heteroatoms. The smallest absolute Gasteiger partial charge is 0.309 e. The second-order valence-corrected chi connectivity index (χ2v) is 13.1. The molecule has 1 aromatic rings. The Morgan fingerprint density at radius 1 is 1.00 bits per heavy atom. The Labute approximate surface area is 198 Å². The van der Waals surface area contributed by atoms with E-state index in [2.05, 4.69) is 46.4 Å². The monoisotopic (exact) mass is 448 g/mol. The molecule has 5 rings (SSSR count). The van der Waals surface area contributed by atoms with E-state index in [0.717, 1.165) is 55.7 Å². The quantitative estimate of drug-likeness (QED) is 0.589. The van der Waals surface area contributed by atoms with Gasteiger partial charge in [-0.2, -0.15) is 0 Å². The Bertz CT molecular complexity index is 1210. The average molecular weight is 449 g/mol. The van der Waals surface area contributed by atoms with Crippen molar-refractivity contribution >= 4 is 18.6 Å². The lowest BCUT2D eigenvalue weighted by molar-refractivity contribution is -0.177. The van der Waals surface area contributed by atoms with Crippen molar-refractivity contribution in [2.24, 2.45) is 27.6 Å². The molecule has 3 nitrogen and oxygen atoms in total. The minimum Gasteiger partial charge on any atom is -0.508 e. The third-order valence-corrected chi connectivity index (χ3v) is 11.6. The zero-order chi connectivity index (χ0) is 24.2. The maximum absolute atomic E-state index is 12.3. The summed E-state index contributed by atoms with van der Waals surface area (Å²) in [5, 5.41) is 22.9. The lowest BCUT2D eigenvalue weighted by Gasteiger charge is -2.69. The zero-order valence-corrected chi connectivity index (χ0v) is 21.3. The molecule has 3 fully saturated rings. The van der Waals surface area contributed by atoms with E-state index in [1.54, 1.807) is 0 Å². The van der Waals surface area contributed by atoms with Crippen LogP contribution in [-0.2, 0) is 10.2 Å². The number of fused-ring (bicyclic) bond motifs is 7. The minimum absolute atomic E-state index is 0.00302. The van der Waals surface area contributed by atoms with Crippen LogP contribution in [0, 0.1) is 34.5 Å². The van der Waals surface area contributed by atoms with Crippen LogP contribution >= 0.6 is 0 Å². The van der Waals surface area contributed by atoms with Gasteiger partial charge in [0, 0.05) is 5.41 Å². The molecule has 0 bridgehead atoms. The highest BCUT2D eigenvalue weighted by atomic mass is 16.4. The molecule has 0 heterocycles. The van der Waals surface area contributed by atoms with Gasteiger partial charge in [0.05, 0.1) is 5.41 Å². The number of carboxylic acid groups (broad SMARTS) is 1. The van der Waals surface area contributed by atoms with Gasteiger partial charge in [-0.15, -0.1) is 0 Å². The van der Waals surface area contributed by atoms with Crippen LogP contribution in [0.2, 0.25) is 0 Å². The molecule has 0 spiro atoms. The van der Waals surface area contributed by atoms with Gasteiger partial charge in [0.25, 0.3) is 0 Å². The summed E-state index contributed by atoms with van der Waals surface area (Å²) in [6.07, 6.45) is 11.6. The fraction of sp³-hybridized carbons (Fsp3) is 0.633. The molecule has 178 valence electrons. The fourth-order valence-electron chi connectivity index (χ4n) is 8.68. The third-order valence-electron chi connectivity index (χ3n) is 11.6. The number of rotatable bonds is 1. The predicted molar refractivity (Wildman–Crippen MR) is 133 cm³/mol. The summed E-state index contributed by atoms with van der Waals surface area (Å²) in [4.78, 5) is 12.3. The Hall–Kier alpha value is -2.03. The van der Waals surface area contributed by atoms with Crippen molar-refractivity contribution in [3.8, 4) is 5.75 Å². The number of phenols is 1. The van der Waals surface area contributed by atoms with E-state index in [0.29, 0.717) is 11.7 Å². The number of phenolic OH excluding ortho intramolecular Hbond substituents is 1. The minimum atomic E-state index is -0.631. The van der Waals surface area contributed by atoms with Crippen molar-refractivity contribution in [2.75, 3.05) is 0 Å². The third kappa shape index (κ3) is 2.66. The van der Waals surface area contributed by atoms with E-state index in [9.17, 15) is 15.0 Å². The summed E-state index contributed by atoms with van der Waals surface area (Å²) in [6, 6.07) is 1.99. The number of hydrogen-bond acceptors (Lipinski definition) is 2. The molecule has 2 N–H and O–H groups in total. The van der Waals surface area contributed by atoms with E-state index < -0.39 is 11.4 Å². The van der Waals surface area contributed by atoms with Gasteiger partial charge in [0.1, 0.15) is 5.75 Å². The van der Waals surface area contributed by atoms with Crippen LogP contribution in [0.1, 0.15) is 90.7 Å². The van der Waals surface area contributed by atoms with Crippen molar-refractivity contribution in [1.82, 2.24) is 0 Å². The van der Waals surface area contributed by atoms with E-state index in [1.165, 1.54) is 16.4 Å². The van der Waals surface area contributed by atoms with E-state index >= 15 is 0 Å². The van der Waals surface area contributed by atoms with Gasteiger partial charge >= 0.3 is 5.97 Å². The zero-order valence-electron chi connectivity index (χ0n) is 21.3. The summed E-state index contributed by atoms with van der Waals surface area (Å²) in [5.41, 5.74) is 3.05. The molecule has 1 aromatic carbocycles. The number of aliphatic carboxylic acids is 1. The summed E-state index contributed by atoms with van der Waals surface area (Å²) in [5.74, 6) is 0.100. The Morgan fingerprint density at radius 2 is 1.67 bits per heavy atom. The first-order chi connectivity index (χ1) is 15.2. The first kappa shape index (κ1) is 22.7. The van der Waals surface area contributed by atoms with Gasteiger partial charge in [0.2, 0.25) is 0 Å². The van der Waals surface area contributed by atoms with Gasteiger partial charge in [-0.05, 0) is 109 Å². The Morgan fingerprint density at radius 3 is 2.33 bits per heavy atom. The highest BCUT2D eigenvalue weighted by molar-refractivity contribution is 5.74. The average Bonchev–Trinajstić information content (AvgIpc) is 2.75. The van der Waals surface area contributed by atoms with Gasteiger partial charge in [-0.3, -0.25) is 4.79 Å². The van der Waals surface area contributed by atoms with Gasteiger partial charge in [-0.25, -0.2) is 0 Å². The topological polar surface area (TPSA) is 57.5 Å². The Kier molecular flexibility index (Phi) is 4.51. The van der Waals surface area contributed by atoms with Crippen molar-refractivity contribution in [1.29, 1.82) is 0 Å². The molecule has 6 atom stereocenters. The molecule has 0 saturated heterocycles. The summed E-state index contributed by atoms with van der Waals surface area (Å²) in [7, 11) is 0. The van der Waals surface area contributed by atoms with Crippen LogP contribution in [0.25, 0.3) is 12.7 Å². The van der Waals surface area contributed by atoms with Gasteiger partial charge in [0.15, 0.2) is 0 Å². The lowest BCUT2D eigenvalue weighted by Crippen LogP contribution is -2.63. The summed E-state index contributed by atoms with van der Waals surface area (Å²) in [6.45, 7) is 17.9. The molecule has 4 aliphatic carbocycles. The molecular formula is C30H40O3. The molecular weight excluding hydrogens is 408 g/mol. The van der Waals surface area contributed by atoms with Crippen molar-refractivity contribution in [3.05, 3.63) is 39.3 Å². The van der Waals surface area contributed by atoms with Crippen molar-refractivity contribution < 1.29 is 15.0 Å². The lowest BCUT2D eigenvalue weighted by atomic mass is 9.35. The standard InChI is InChI=1S/C30H40O3/c1-18-19(2)22(31)16-21-20(18)8-9-23-28(21,5)13-15-30(7)24-17-27(4,25(32)33)11-10-26(24,3)12-14-29(23,30)6/h8-9,16,24,31H,1,10-15,17H2,2-7H3,(H,32,33)/t24?,26-,27-,28+,29-,30+/m0/s1. The molecule has 0 amide bonds. The Balaban J connectivity index is 1.68. The molecule has 33 heavy (non-hydrogen) atoms. The normalized spacial score (nSPS) is 43.8. The summed E-state index contributed by atoms with van der Waals surface area (Å²) < 4.78 is 0. The number of carbonyl (C=O) groups is 1. The number of allylic oxidation sites excluding steroid dienone is 2. The second kappa shape index (κ2) is 6.55. The van der Waals surface area contributed by atoms with E-state index in [4.69, 9.17) is 0 Å². The first-order valence-corrected chi connectivity index (χ1v) is 12.7. The first-order valence-electron chi connectivity index (χ1n) is 12.7. The maximum Gasteiger partial charge on any atom is 0.309 e. The molecule has 3 saturated carbocycles. The number of hydrogen-bond donors (Lipinski definition) is 2. The van der Waals surface area contributed by atoms with Gasteiger partial charge in [-0.1, -0.05) is 52.0 Å². The molecule has 0 radical (unpaired) electrons. The second-order valence-electron chi connectivity index (χ2n) is 13.1. The number of carboxylic acids is 1. The molecule has 0 aliphatic heterocycles. The van der Waals surface area contributed by atoms with Crippen molar-refractivity contribution in [3.63, 3.8) is 0 Å². The van der Waals surface area contributed by atoms with Crippen molar-refractivity contribution in [2.45, 2.75) is 91.9 Å². The van der Waals surface area contributed by atoms with Crippen LogP contribution in [-0.4, -0.2) is 16.2 Å². The van der Waals surface area contributed by atoms with Crippen LogP contribution in [0.4, 0.5) is 0 Å². The molecule has 4 aliphatic rings. The number of benzene rings is 1. The summed E-state index contributed by atoms with van der Waals surface area (Å²) >= 11 is 0. The highest BCUT2D eigenvalue weighted by Crippen LogP contribution is 2.74. The van der Waals surface area contributed by atoms with E-state index in [1.807, 2.05) is 19.9 Å². The maximum atomic E-state index is 12.3. The van der Waals surface area contributed by atoms with Crippen LogP contribution in [0.15, 0.2) is 17.7 Å².